The number of nitrogens with zero attached hydrogens (tertiary/aromatic N) is 3. The Labute approximate surface area is 200 Å². The van der Waals surface area contributed by atoms with Gasteiger partial charge in [0.2, 0.25) is 23.5 Å². The van der Waals surface area contributed by atoms with Crippen molar-refractivity contribution in [2.45, 2.75) is 39.7 Å². The quantitative estimate of drug-likeness (QED) is 0.574. The van der Waals surface area contributed by atoms with Gasteiger partial charge in [0.1, 0.15) is 5.82 Å². The van der Waals surface area contributed by atoms with Gasteiger partial charge in [-0.25, -0.2) is 4.98 Å². The normalized spacial score (nSPS) is 14.9. The molecule has 0 aliphatic heterocycles. The van der Waals surface area contributed by atoms with Gasteiger partial charge in [-0.05, 0) is 49.9 Å². The molecule has 0 spiro atoms. The summed E-state index contributed by atoms with van der Waals surface area (Å²) in [4.78, 5) is 34.3. The number of anilines is 2. The maximum atomic E-state index is 11.7. The number of carbonyl (C=O) groups excluding carboxylic acids is 2. The third kappa shape index (κ3) is 6.13. The van der Waals surface area contributed by atoms with E-state index in [1.165, 1.54) is 13.8 Å². The van der Waals surface area contributed by atoms with Crippen molar-refractivity contribution in [3.8, 4) is 17.2 Å². The molecule has 0 radical (unpaired) electrons. The zero-order valence-electron chi connectivity index (χ0n) is 20.7. The third-order valence-corrected chi connectivity index (χ3v) is 5.70. The first kappa shape index (κ1) is 25.2. The molecule has 1 heterocycles. The lowest BCUT2D eigenvalue weighted by Gasteiger charge is -2.29. The first-order valence-electron chi connectivity index (χ1n) is 11.2. The van der Waals surface area contributed by atoms with Crippen molar-refractivity contribution < 1.29 is 23.8 Å². The van der Waals surface area contributed by atoms with Crippen LogP contribution in [0.25, 0.3) is 0 Å². The molecule has 0 saturated heterocycles. The van der Waals surface area contributed by atoms with Crippen molar-refractivity contribution in [1.82, 2.24) is 14.9 Å². The van der Waals surface area contributed by atoms with Gasteiger partial charge in [-0.15, -0.1) is 0 Å². The van der Waals surface area contributed by atoms with Gasteiger partial charge < -0.3 is 24.4 Å². The second kappa shape index (κ2) is 11.1. The molecule has 2 N–H and O–H groups in total. The third-order valence-electron chi connectivity index (χ3n) is 5.70. The summed E-state index contributed by atoms with van der Waals surface area (Å²) in [5.41, 5.74) is 2.85. The fraction of sp³-hybridized carbons (Fsp3) is 0.500. The standard InChI is InChI=1S/C24H33N5O5/c1-14(30)25-23-18-9-16(7-8-19(18)27-24(28-23)26-15(2)31)12-29(3)13-17-10-20(32-4)22(34-6)21(11-17)33-5/h10-11,16H,7-9,12-13H2,1-6H3,(H2,25,26,27,28,30,31). The van der Waals surface area contributed by atoms with Crippen molar-refractivity contribution in [2.24, 2.45) is 5.92 Å². The Bertz CT molecular complexity index is 1030. The fourth-order valence-corrected chi connectivity index (χ4v) is 4.37. The Kier molecular flexibility index (Phi) is 8.27. The number of methoxy groups -OCH3 is 3. The lowest BCUT2D eigenvalue weighted by molar-refractivity contribution is -0.115. The summed E-state index contributed by atoms with van der Waals surface area (Å²) < 4.78 is 16.4. The van der Waals surface area contributed by atoms with Crippen LogP contribution in [0.1, 0.15) is 37.1 Å². The molecule has 1 aromatic heterocycles. The van der Waals surface area contributed by atoms with Crippen LogP contribution >= 0.6 is 0 Å². The van der Waals surface area contributed by atoms with Crippen molar-refractivity contribution in [1.29, 1.82) is 0 Å². The molecule has 0 fully saturated rings. The molecular formula is C24H33N5O5. The molecule has 184 valence electrons. The van der Waals surface area contributed by atoms with Gasteiger partial charge in [0, 0.05) is 32.5 Å². The molecule has 0 saturated carbocycles. The average Bonchev–Trinajstić information content (AvgIpc) is 2.77. The molecule has 2 amide bonds. The van der Waals surface area contributed by atoms with Crippen LogP contribution in [0.2, 0.25) is 0 Å². The van der Waals surface area contributed by atoms with Crippen LogP contribution in [-0.4, -0.2) is 61.6 Å². The van der Waals surface area contributed by atoms with Crippen LogP contribution < -0.4 is 24.8 Å². The zero-order valence-corrected chi connectivity index (χ0v) is 20.7. The van der Waals surface area contributed by atoms with E-state index in [4.69, 9.17) is 14.2 Å². The SMILES string of the molecule is COc1cc(CN(C)CC2CCc3nc(NC(C)=O)nc(NC(C)=O)c3C2)cc(OC)c1OC. The minimum absolute atomic E-state index is 0.212. The molecule has 1 unspecified atom stereocenters. The smallest absolute Gasteiger partial charge is 0.231 e. The maximum absolute atomic E-state index is 11.7. The molecule has 2 aromatic rings. The molecule has 0 bridgehead atoms. The highest BCUT2D eigenvalue weighted by molar-refractivity contribution is 5.90. The van der Waals surface area contributed by atoms with Crippen LogP contribution in [0.3, 0.4) is 0 Å². The number of hydrogen-bond donors (Lipinski definition) is 2. The van der Waals surface area contributed by atoms with E-state index >= 15 is 0 Å². The molecular weight excluding hydrogens is 438 g/mol. The number of carbonyl (C=O) groups is 2. The highest BCUT2D eigenvalue weighted by Crippen LogP contribution is 2.38. The second-order valence-corrected chi connectivity index (χ2v) is 8.52. The number of ether oxygens (including phenoxy) is 3. The first-order valence-corrected chi connectivity index (χ1v) is 11.2. The van der Waals surface area contributed by atoms with Gasteiger partial charge in [-0.2, -0.15) is 4.98 Å². The van der Waals surface area contributed by atoms with Gasteiger partial charge in [0.15, 0.2) is 11.5 Å². The predicted molar refractivity (Wildman–Crippen MR) is 129 cm³/mol. The number of aromatic nitrogens is 2. The molecule has 1 aliphatic rings. The van der Waals surface area contributed by atoms with E-state index in [2.05, 4.69) is 32.5 Å². The van der Waals surface area contributed by atoms with Crippen molar-refractivity contribution in [3.05, 3.63) is 29.0 Å². The molecule has 10 nitrogen and oxygen atoms in total. The zero-order chi connectivity index (χ0) is 24.8. The predicted octanol–water partition coefficient (Wildman–Crippen LogP) is 2.66. The van der Waals surface area contributed by atoms with Crippen LogP contribution in [-0.2, 0) is 29.0 Å². The number of amides is 2. The summed E-state index contributed by atoms with van der Waals surface area (Å²) in [6.45, 7) is 4.40. The van der Waals surface area contributed by atoms with Crippen molar-refractivity contribution in [2.75, 3.05) is 45.6 Å². The van der Waals surface area contributed by atoms with E-state index in [0.29, 0.717) is 35.5 Å². The van der Waals surface area contributed by atoms with Gasteiger partial charge in [0.05, 0.1) is 27.0 Å². The van der Waals surface area contributed by atoms with Gasteiger partial charge in [-0.1, -0.05) is 0 Å². The van der Waals surface area contributed by atoms with Crippen LogP contribution in [0.5, 0.6) is 17.2 Å². The summed E-state index contributed by atoms with van der Waals surface area (Å²) >= 11 is 0. The van der Waals surface area contributed by atoms with E-state index < -0.39 is 0 Å². The Morgan fingerprint density at radius 2 is 1.68 bits per heavy atom. The Morgan fingerprint density at radius 1 is 1.03 bits per heavy atom. The number of rotatable bonds is 9. The number of nitrogens with one attached hydrogen (secondary N) is 2. The largest absolute Gasteiger partial charge is 0.493 e. The van der Waals surface area contributed by atoms with Crippen molar-refractivity contribution >= 4 is 23.6 Å². The fourth-order valence-electron chi connectivity index (χ4n) is 4.37. The Morgan fingerprint density at radius 3 is 2.24 bits per heavy atom. The topological polar surface area (TPSA) is 115 Å². The lowest BCUT2D eigenvalue weighted by atomic mass is 9.86. The van der Waals surface area contributed by atoms with Crippen LogP contribution in [0, 0.1) is 5.92 Å². The molecule has 1 atom stereocenters. The van der Waals surface area contributed by atoms with Gasteiger partial charge in [0.25, 0.3) is 0 Å². The van der Waals surface area contributed by atoms with Gasteiger partial charge in [-0.3, -0.25) is 14.9 Å². The Balaban J connectivity index is 1.74. The number of hydrogen-bond acceptors (Lipinski definition) is 8. The number of fused-ring (bicyclic) bond motifs is 1. The second-order valence-electron chi connectivity index (χ2n) is 8.52. The van der Waals surface area contributed by atoms with E-state index in [1.807, 2.05) is 12.1 Å². The first-order chi connectivity index (χ1) is 16.2. The summed E-state index contributed by atoms with van der Waals surface area (Å²) in [5, 5.41) is 5.42. The molecule has 3 rings (SSSR count). The number of aryl methyl sites for hydroxylation is 1. The minimum atomic E-state index is -0.254. The van der Waals surface area contributed by atoms with Crippen LogP contribution in [0.15, 0.2) is 12.1 Å². The van der Waals surface area contributed by atoms with Crippen molar-refractivity contribution in [3.63, 3.8) is 0 Å². The number of benzene rings is 1. The summed E-state index contributed by atoms with van der Waals surface area (Å²) in [6, 6.07) is 3.92. The summed E-state index contributed by atoms with van der Waals surface area (Å²) in [5.74, 6) is 2.41. The summed E-state index contributed by atoms with van der Waals surface area (Å²) in [6.07, 6.45) is 2.44. The van der Waals surface area contributed by atoms with E-state index in [9.17, 15) is 9.59 Å². The summed E-state index contributed by atoms with van der Waals surface area (Å²) in [7, 11) is 6.88. The highest BCUT2D eigenvalue weighted by Gasteiger charge is 2.26. The highest BCUT2D eigenvalue weighted by atomic mass is 16.5. The maximum Gasteiger partial charge on any atom is 0.231 e. The molecule has 1 aromatic carbocycles. The Hall–Kier alpha value is -3.40. The molecule has 10 heteroatoms. The lowest BCUT2D eigenvalue weighted by Crippen LogP contribution is -2.30. The van der Waals surface area contributed by atoms with Crippen LogP contribution in [0.4, 0.5) is 11.8 Å². The minimum Gasteiger partial charge on any atom is -0.493 e. The molecule has 1 aliphatic carbocycles. The average molecular weight is 472 g/mol. The molecule has 34 heavy (non-hydrogen) atoms. The van der Waals surface area contributed by atoms with E-state index in [0.717, 1.165) is 42.6 Å². The van der Waals surface area contributed by atoms with E-state index in [-0.39, 0.29) is 17.8 Å². The van der Waals surface area contributed by atoms with Gasteiger partial charge >= 0.3 is 0 Å². The monoisotopic (exact) mass is 471 g/mol. The van der Waals surface area contributed by atoms with E-state index in [1.54, 1.807) is 21.3 Å².